The van der Waals surface area contributed by atoms with Gasteiger partial charge in [-0.15, -0.1) is 11.3 Å². The van der Waals surface area contributed by atoms with Crippen molar-refractivity contribution in [3.05, 3.63) is 21.9 Å². The van der Waals surface area contributed by atoms with Crippen LogP contribution < -0.4 is 5.32 Å². The van der Waals surface area contributed by atoms with Crippen LogP contribution in [-0.4, -0.2) is 23.8 Å². The minimum Gasteiger partial charge on any atom is -0.388 e. The van der Waals surface area contributed by atoms with E-state index in [0.717, 1.165) is 22.7 Å². The summed E-state index contributed by atoms with van der Waals surface area (Å²) in [4.78, 5) is 1.81. The van der Waals surface area contributed by atoms with Crippen molar-refractivity contribution in [2.75, 3.05) is 13.1 Å². The molecule has 0 saturated carbocycles. The maximum atomic E-state index is 10.1. The van der Waals surface area contributed by atoms with E-state index in [-0.39, 0.29) is 0 Å². The molecule has 3 nitrogen and oxygen atoms in total. The summed E-state index contributed by atoms with van der Waals surface area (Å²) in [5, 5.41) is 21.9. The zero-order valence-electron chi connectivity index (χ0n) is 7.79. The number of hydrogen-bond donors (Lipinski definition) is 2. The monoisotopic (exact) mass is 208 g/mol. The first-order valence-electron chi connectivity index (χ1n) is 4.64. The fourth-order valence-corrected chi connectivity index (χ4v) is 2.68. The molecule has 1 saturated heterocycles. The highest BCUT2D eigenvalue weighted by Gasteiger charge is 2.31. The summed E-state index contributed by atoms with van der Waals surface area (Å²) < 4.78 is 0. The highest BCUT2D eigenvalue weighted by atomic mass is 32.1. The van der Waals surface area contributed by atoms with E-state index in [9.17, 15) is 5.11 Å². The zero-order valence-corrected chi connectivity index (χ0v) is 8.60. The van der Waals surface area contributed by atoms with Gasteiger partial charge in [0.2, 0.25) is 0 Å². The van der Waals surface area contributed by atoms with Crippen LogP contribution in [-0.2, 0) is 6.42 Å². The quantitative estimate of drug-likeness (QED) is 0.758. The summed E-state index contributed by atoms with van der Waals surface area (Å²) in [6.45, 7) is 1.54. The lowest BCUT2D eigenvalue weighted by atomic mass is 9.98. The van der Waals surface area contributed by atoms with Gasteiger partial charge in [-0.1, -0.05) is 0 Å². The Morgan fingerprint density at radius 2 is 2.50 bits per heavy atom. The van der Waals surface area contributed by atoms with Crippen LogP contribution in [0.25, 0.3) is 0 Å². The van der Waals surface area contributed by atoms with Crippen LogP contribution in [0.2, 0.25) is 0 Å². The van der Waals surface area contributed by atoms with Crippen molar-refractivity contribution in [3.63, 3.8) is 0 Å². The topological polar surface area (TPSA) is 56.0 Å². The molecule has 2 heterocycles. The summed E-state index contributed by atoms with van der Waals surface area (Å²) in [6, 6.07) is 5.85. The summed E-state index contributed by atoms with van der Waals surface area (Å²) in [6.07, 6.45) is 1.46. The Morgan fingerprint density at radius 3 is 3.07 bits per heavy atom. The van der Waals surface area contributed by atoms with Crippen LogP contribution in [0.1, 0.15) is 16.2 Å². The average molecular weight is 208 g/mol. The first-order valence-corrected chi connectivity index (χ1v) is 5.45. The number of thiophene rings is 1. The molecule has 2 N–H and O–H groups in total. The Bertz CT molecular complexity index is 360. The standard InChI is InChI=1S/C10H12N2OS/c11-6-9-2-1-8(14-9)5-10(13)3-4-12-7-10/h1-2,12-13H,3-5,7H2. The molecule has 1 aliphatic rings. The Morgan fingerprint density at radius 1 is 1.64 bits per heavy atom. The molecular weight excluding hydrogens is 196 g/mol. The van der Waals surface area contributed by atoms with Crippen molar-refractivity contribution < 1.29 is 5.11 Å². The van der Waals surface area contributed by atoms with Crippen LogP contribution >= 0.6 is 11.3 Å². The molecule has 0 aromatic carbocycles. The van der Waals surface area contributed by atoms with Gasteiger partial charge < -0.3 is 10.4 Å². The van der Waals surface area contributed by atoms with E-state index in [0.29, 0.717) is 13.0 Å². The van der Waals surface area contributed by atoms with Gasteiger partial charge in [0.1, 0.15) is 10.9 Å². The third-order valence-electron chi connectivity index (χ3n) is 2.50. The molecule has 0 spiro atoms. The number of nitrogens with one attached hydrogen (secondary N) is 1. The molecule has 0 bridgehead atoms. The lowest BCUT2D eigenvalue weighted by Gasteiger charge is -2.19. The van der Waals surface area contributed by atoms with Crippen molar-refractivity contribution in [2.45, 2.75) is 18.4 Å². The summed E-state index contributed by atoms with van der Waals surface area (Å²) >= 11 is 1.47. The van der Waals surface area contributed by atoms with Crippen LogP contribution in [0, 0.1) is 11.3 Å². The normalized spacial score (nSPS) is 26.3. The van der Waals surface area contributed by atoms with Gasteiger partial charge in [-0.25, -0.2) is 0 Å². The van der Waals surface area contributed by atoms with Crippen molar-refractivity contribution in [2.24, 2.45) is 0 Å². The van der Waals surface area contributed by atoms with Gasteiger partial charge in [-0.3, -0.25) is 0 Å². The Balaban J connectivity index is 2.07. The summed E-state index contributed by atoms with van der Waals surface area (Å²) in [5.74, 6) is 0. The van der Waals surface area contributed by atoms with E-state index in [1.54, 1.807) is 0 Å². The first kappa shape index (κ1) is 9.66. The predicted octanol–water partition coefficient (Wildman–Crippen LogP) is 0.887. The molecule has 4 heteroatoms. The fourth-order valence-electron chi connectivity index (χ4n) is 1.74. The van der Waals surface area contributed by atoms with Gasteiger partial charge in [0.25, 0.3) is 0 Å². The number of β-amino-alcohol motifs (C(OH)–C–C–N with tert-alkyl or cyclic N) is 1. The van der Waals surface area contributed by atoms with E-state index in [1.165, 1.54) is 11.3 Å². The van der Waals surface area contributed by atoms with Crippen molar-refractivity contribution in [1.29, 1.82) is 5.26 Å². The van der Waals surface area contributed by atoms with E-state index < -0.39 is 5.60 Å². The smallest absolute Gasteiger partial charge is 0.110 e. The molecule has 1 fully saturated rings. The van der Waals surface area contributed by atoms with Gasteiger partial charge in [-0.05, 0) is 25.1 Å². The maximum Gasteiger partial charge on any atom is 0.110 e. The van der Waals surface area contributed by atoms with Gasteiger partial charge in [0.05, 0.1) is 5.60 Å². The third-order valence-corrected chi connectivity index (χ3v) is 3.49. The second-order valence-electron chi connectivity index (χ2n) is 3.71. The average Bonchev–Trinajstić information content (AvgIpc) is 2.75. The Kier molecular flexibility index (Phi) is 2.55. The van der Waals surface area contributed by atoms with Gasteiger partial charge in [0, 0.05) is 17.8 Å². The predicted molar refractivity (Wildman–Crippen MR) is 55.2 cm³/mol. The van der Waals surface area contributed by atoms with Crippen molar-refractivity contribution >= 4 is 11.3 Å². The number of hydrogen-bond acceptors (Lipinski definition) is 4. The molecule has 0 amide bonds. The maximum absolute atomic E-state index is 10.1. The molecule has 1 aromatic heterocycles. The fraction of sp³-hybridized carbons (Fsp3) is 0.500. The summed E-state index contributed by atoms with van der Waals surface area (Å²) in [5.41, 5.74) is -0.600. The second kappa shape index (κ2) is 3.70. The minimum absolute atomic E-state index is 0.600. The Hall–Kier alpha value is -0.890. The highest BCUT2D eigenvalue weighted by molar-refractivity contribution is 7.12. The summed E-state index contributed by atoms with van der Waals surface area (Å²) in [7, 11) is 0. The molecular formula is C10H12N2OS. The third kappa shape index (κ3) is 1.95. The molecule has 74 valence electrons. The lowest BCUT2D eigenvalue weighted by molar-refractivity contribution is 0.0627. The van der Waals surface area contributed by atoms with E-state index in [2.05, 4.69) is 11.4 Å². The SMILES string of the molecule is N#Cc1ccc(CC2(O)CCNC2)s1. The van der Waals surface area contributed by atoms with Crippen LogP contribution in [0.4, 0.5) is 0 Å². The Labute approximate surface area is 87.0 Å². The van der Waals surface area contributed by atoms with E-state index in [4.69, 9.17) is 5.26 Å². The van der Waals surface area contributed by atoms with Crippen LogP contribution in [0.15, 0.2) is 12.1 Å². The molecule has 1 unspecified atom stereocenters. The number of nitriles is 1. The number of aliphatic hydroxyl groups is 1. The van der Waals surface area contributed by atoms with Crippen LogP contribution in [0.3, 0.4) is 0 Å². The van der Waals surface area contributed by atoms with Gasteiger partial charge >= 0.3 is 0 Å². The van der Waals surface area contributed by atoms with Crippen LogP contribution in [0.5, 0.6) is 0 Å². The lowest BCUT2D eigenvalue weighted by Crippen LogP contribution is -2.33. The van der Waals surface area contributed by atoms with Gasteiger partial charge in [-0.2, -0.15) is 5.26 Å². The van der Waals surface area contributed by atoms with E-state index in [1.807, 2.05) is 12.1 Å². The largest absolute Gasteiger partial charge is 0.388 e. The van der Waals surface area contributed by atoms with E-state index >= 15 is 0 Å². The highest BCUT2D eigenvalue weighted by Crippen LogP contribution is 2.24. The molecule has 1 aliphatic heterocycles. The molecule has 14 heavy (non-hydrogen) atoms. The number of nitrogens with zero attached hydrogens (tertiary/aromatic N) is 1. The van der Waals surface area contributed by atoms with Crippen molar-refractivity contribution in [3.8, 4) is 6.07 Å². The van der Waals surface area contributed by atoms with Gasteiger partial charge in [0.15, 0.2) is 0 Å². The number of rotatable bonds is 2. The van der Waals surface area contributed by atoms with Crippen molar-refractivity contribution in [1.82, 2.24) is 5.32 Å². The first-order chi connectivity index (χ1) is 6.72. The molecule has 2 rings (SSSR count). The molecule has 0 aliphatic carbocycles. The zero-order chi connectivity index (χ0) is 10.0. The molecule has 1 atom stereocenters. The molecule has 0 radical (unpaired) electrons. The minimum atomic E-state index is -0.600. The molecule has 1 aromatic rings. The second-order valence-corrected chi connectivity index (χ2v) is 4.87.